The van der Waals surface area contributed by atoms with E-state index in [1.165, 1.54) is 23.5 Å². The molecule has 1 aromatic heterocycles. The standard InChI is InChI=1S/C18H19FN2O2S/c19-14-7-5-12(6-8-14)16-11-24-18(20-16)21(17(22)13-3-4-13)10-15-2-1-9-23-15/h5-8,11,13,15H,1-4,9-10H2. The first kappa shape index (κ1) is 15.7. The Hall–Kier alpha value is -1.79. The summed E-state index contributed by atoms with van der Waals surface area (Å²) in [5.74, 6) is 0.0354. The second-order valence-corrected chi connectivity index (χ2v) is 7.22. The molecule has 1 amide bonds. The highest BCUT2D eigenvalue weighted by Gasteiger charge is 2.36. The third-order valence-corrected chi connectivity index (χ3v) is 5.33. The van der Waals surface area contributed by atoms with Crippen LogP contribution in [-0.4, -0.2) is 30.1 Å². The van der Waals surface area contributed by atoms with Gasteiger partial charge in [0.15, 0.2) is 5.13 Å². The maximum atomic E-state index is 13.1. The van der Waals surface area contributed by atoms with E-state index in [1.54, 1.807) is 17.0 Å². The van der Waals surface area contributed by atoms with Gasteiger partial charge in [0.05, 0.1) is 18.3 Å². The van der Waals surface area contributed by atoms with Gasteiger partial charge in [-0.15, -0.1) is 11.3 Å². The van der Waals surface area contributed by atoms with Crippen molar-refractivity contribution in [2.75, 3.05) is 18.1 Å². The first-order chi connectivity index (χ1) is 11.7. The Morgan fingerprint density at radius 3 is 2.75 bits per heavy atom. The average molecular weight is 346 g/mol. The monoisotopic (exact) mass is 346 g/mol. The molecule has 2 aromatic rings. The van der Waals surface area contributed by atoms with Crippen LogP contribution in [0.15, 0.2) is 29.6 Å². The summed E-state index contributed by atoms with van der Waals surface area (Å²) < 4.78 is 18.8. The molecule has 0 spiro atoms. The Morgan fingerprint density at radius 2 is 2.08 bits per heavy atom. The van der Waals surface area contributed by atoms with Crippen LogP contribution in [0.5, 0.6) is 0 Å². The summed E-state index contributed by atoms with van der Waals surface area (Å²) in [6.45, 7) is 1.35. The number of rotatable bonds is 5. The molecule has 1 atom stereocenters. The summed E-state index contributed by atoms with van der Waals surface area (Å²) in [5.41, 5.74) is 1.63. The molecule has 0 radical (unpaired) electrons. The summed E-state index contributed by atoms with van der Waals surface area (Å²) in [5, 5.41) is 2.63. The maximum Gasteiger partial charge on any atom is 0.231 e. The zero-order valence-corrected chi connectivity index (χ0v) is 14.1. The number of amides is 1. The van der Waals surface area contributed by atoms with Crippen molar-refractivity contribution in [2.24, 2.45) is 5.92 Å². The van der Waals surface area contributed by atoms with E-state index in [9.17, 15) is 9.18 Å². The molecule has 1 aliphatic heterocycles. The lowest BCUT2D eigenvalue weighted by Crippen LogP contribution is -2.38. The predicted octanol–water partition coefficient (Wildman–Crippen LogP) is 3.87. The zero-order valence-electron chi connectivity index (χ0n) is 13.3. The maximum absolute atomic E-state index is 13.1. The van der Waals surface area contributed by atoms with Crippen LogP contribution in [0, 0.1) is 11.7 Å². The van der Waals surface area contributed by atoms with E-state index in [4.69, 9.17) is 4.74 Å². The van der Waals surface area contributed by atoms with E-state index in [1.807, 2.05) is 5.38 Å². The minimum absolute atomic E-state index is 0.103. The number of nitrogens with zero attached hydrogens (tertiary/aromatic N) is 2. The zero-order chi connectivity index (χ0) is 16.5. The van der Waals surface area contributed by atoms with Crippen LogP contribution in [0.25, 0.3) is 11.3 Å². The number of carbonyl (C=O) groups excluding carboxylic acids is 1. The molecule has 1 saturated carbocycles. The topological polar surface area (TPSA) is 42.4 Å². The number of anilines is 1. The van der Waals surface area contributed by atoms with E-state index in [2.05, 4.69) is 4.98 Å². The highest BCUT2D eigenvalue weighted by molar-refractivity contribution is 7.14. The molecule has 6 heteroatoms. The molecule has 126 valence electrons. The van der Waals surface area contributed by atoms with Gasteiger partial charge in [-0.25, -0.2) is 9.37 Å². The van der Waals surface area contributed by atoms with Crippen molar-refractivity contribution in [2.45, 2.75) is 31.8 Å². The van der Waals surface area contributed by atoms with Gasteiger partial charge in [0.25, 0.3) is 0 Å². The van der Waals surface area contributed by atoms with Crippen molar-refractivity contribution in [3.63, 3.8) is 0 Å². The fourth-order valence-corrected chi connectivity index (χ4v) is 3.80. The molecule has 0 bridgehead atoms. The molecule has 0 N–H and O–H groups in total. The van der Waals surface area contributed by atoms with Gasteiger partial charge in [0.2, 0.25) is 5.91 Å². The Labute approximate surface area is 144 Å². The summed E-state index contributed by atoms with van der Waals surface area (Å²) in [7, 11) is 0. The number of carbonyl (C=O) groups is 1. The van der Waals surface area contributed by atoms with Crippen molar-refractivity contribution in [3.05, 3.63) is 35.5 Å². The lowest BCUT2D eigenvalue weighted by atomic mass is 10.2. The molecule has 1 unspecified atom stereocenters. The second-order valence-electron chi connectivity index (χ2n) is 6.38. The highest BCUT2D eigenvalue weighted by atomic mass is 32.1. The lowest BCUT2D eigenvalue weighted by Gasteiger charge is -2.23. The molecule has 1 aromatic carbocycles. The molecule has 4 nitrogen and oxygen atoms in total. The Kier molecular flexibility index (Phi) is 4.33. The third kappa shape index (κ3) is 3.35. The largest absolute Gasteiger partial charge is 0.376 e. The normalized spacial score (nSPS) is 20.3. The molecule has 4 rings (SSSR count). The summed E-state index contributed by atoms with van der Waals surface area (Å²) >= 11 is 1.46. The number of ether oxygens (including phenoxy) is 1. The van der Waals surface area contributed by atoms with E-state index in [-0.39, 0.29) is 23.7 Å². The number of aromatic nitrogens is 1. The molecular formula is C18H19FN2O2S. The minimum atomic E-state index is -0.266. The van der Waals surface area contributed by atoms with Crippen molar-refractivity contribution >= 4 is 22.4 Å². The SMILES string of the molecule is O=C(C1CC1)N(CC1CCCO1)c1nc(-c2ccc(F)cc2)cs1. The van der Waals surface area contributed by atoms with Crippen molar-refractivity contribution in [1.29, 1.82) is 0 Å². The number of benzene rings is 1. The number of hydrogen-bond acceptors (Lipinski definition) is 4. The molecule has 1 saturated heterocycles. The predicted molar refractivity (Wildman–Crippen MR) is 91.6 cm³/mol. The fourth-order valence-electron chi connectivity index (χ4n) is 2.95. The van der Waals surface area contributed by atoms with Gasteiger partial charge in [0.1, 0.15) is 5.82 Å². The molecular weight excluding hydrogens is 327 g/mol. The first-order valence-electron chi connectivity index (χ1n) is 8.35. The van der Waals surface area contributed by atoms with Crippen molar-refractivity contribution in [1.82, 2.24) is 4.98 Å². The van der Waals surface area contributed by atoms with Crippen LogP contribution in [0.2, 0.25) is 0 Å². The van der Waals surface area contributed by atoms with Gasteiger partial charge in [-0.2, -0.15) is 0 Å². The Bertz CT molecular complexity index is 721. The number of thiazole rings is 1. The smallest absolute Gasteiger partial charge is 0.231 e. The van der Waals surface area contributed by atoms with Crippen LogP contribution in [0.3, 0.4) is 0 Å². The summed E-state index contributed by atoms with van der Waals surface area (Å²) in [6.07, 6.45) is 4.08. The van der Waals surface area contributed by atoms with E-state index in [0.717, 1.165) is 43.5 Å². The van der Waals surface area contributed by atoms with Crippen molar-refractivity contribution < 1.29 is 13.9 Å². The Balaban J connectivity index is 1.57. The summed E-state index contributed by atoms with van der Waals surface area (Å²) in [6, 6.07) is 6.27. The molecule has 1 aliphatic carbocycles. The van der Waals surface area contributed by atoms with Gasteiger partial charge in [-0.05, 0) is 49.9 Å². The number of halogens is 1. The van der Waals surface area contributed by atoms with Crippen LogP contribution >= 0.6 is 11.3 Å². The van der Waals surface area contributed by atoms with Gasteiger partial charge >= 0.3 is 0 Å². The second kappa shape index (κ2) is 6.61. The van der Waals surface area contributed by atoms with Crippen LogP contribution in [0.1, 0.15) is 25.7 Å². The average Bonchev–Trinajstić information content (AvgIpc) is 3.10. The number of hydrogen-bond donors (Lipinski definition) is 0. The first-order valence-corrected chi connectivity index (χ1v) is 9.23. The van der Waals surface area contributed by atoms with E-state index in [0.29, 0.717) is 11.7 Å². The molecule has 2 heterocycles. The molecule has 2 aliphatic rings. The quantitative estimate of drug-likeness (QED) is 0.825. The minimum Gasteiger partial charge on any atom is -0.376 e. The summed E-state index contributed by atoms with van der Waals surface area (Å²) in [4.78, 5) is 19.1. The van der Waals surface area contributed by atoms with Crippen molar-refractivity contribution in [3.8, 4) is 11.3 Å². The third-order valence-electron chi connectivity index (χ3n) is 4.47. The lowest BCUT2D eigenvalue weighted by molar-refractivity contribution is -0.120. The van der Waals surface area contributed by atoms with Gasteiger partial charge in [-0.1, -0.05) is 0 Å². The van der Waals surface area contributed by atoms with Crippen LogP contribution in [-0.2, 0) is 9.53 Å². The molecule has 2 fully saturated rings. The van der Waals surface area contributed by atoms with Crippen LogP contribution < -0.4 is 4.90 Å². The fraction of sp³-hybridized carbons (Fsp3) is 0.444. The van der Waals surface area contributed by atoms with E-state index >= 15 is 0 Å². The van der Waals surface area contributed by atoms with Gasteiger partial charge in [0, 0.05) is 23.5 Å². The van der Waals surface area contributed by atoms with Crippen LogP contribution in [0.4, 0.5) is 9.52 Å². The van der Waals surface area contributed by atoms with Gasteiger partial charge in [-0.3, -0.25) is 9.69 Å². The van der Waals surface area contributed by atoms with Gasteiger partial charge < -0.3 is 4.74 Å². The Morgan fingerprint density at radius 1 is 1.29 bits per heavy atom. The van der Waals surface area contributed by atoms with E-state index < -0.39 is 0 Å². The highest BCUT2D eigenvalue weighted by Crippen LogP contribution is 2.35. The molecule has 24 heavy (non-hydrogen) atoms.